The van der Waals surface area contributed by atoms with Crippen molar-refractivity contribution in [2.45, 2.75) is 97.5 Å². The van der Waals surface area contributed by atoms with Crippen LogP contribution < -0.4 is 34.7 Å². The number of rotatable bonds is 5. The van der Waals surface area contributed by atoms with Gasteiger partial charge < -0.3 is 14.6 Å². The number of carboxylic acid groups (broad SMARTS) is 1. The summed E-state index contributed by atoms with van der Waals surface area (Å²) in [5.41, 5.74) is 0.494. The normalized spacial score (nSPS) is 43.6. The van der Waals surface area contributed by atoms with Crippen molar-refractivity contribution in [1.82, 2.24) is 0 Å². The number of Topliss-reactive ketones (excluding diaryl/α,β-unsaturated/α-hetero) is 1. The van der Waals surface area contributed by atoms with E-state index < -0.39 is 11.9 Å². The Labute approximate surface area is 208 Å². The van der Waals surface area contributed by atoms with E-state index in [4.69, 9.17) is 4.74 Å². The first-order valence-corrected chi connectivity index (χ1v) is 12.0. The van der Waals surface area contributed by atoms with Gasteiger partial charge in [0.15, 0.2) is 0 Å². The molecule has 0 aromatic rings. The van der Waals surface area contributed by atoms with E-state index in [-0.39, 0.29) is 59.8 Å². The quantitative estimate of drug-likeness (QED) is 0.464. The van der Waals surface area contributed by atoms with Crippen LogP contribution in [0.15, 0.2) is 0 Å². The Kier molecular flexibility index (Phi) is 7.70. The summed E-state index contributed by atoms with van der Waals surface area (Å²) in [5.74, 6) is 1.74. The van der Waals surface area contributed by atoms with Gasteiger partial charge in [0.2, 0.25) is 0 Å². The first-order chi connectivity index (χ1) is 14.1. The smallest absolute Gasteiger partial charge is 0.550 e. The Morgan fingerprint density at radius 3 is 2.26 bits per heavy atom. The van der Waals surface area contributed by atoms with Crippen LogP contribution in [0.3, 0.4) is 0 Å². The van der Waals surface area contributed by atoms with E-state index in [2.05, 4.69) is 13.8 Å². The van der Waals surface area contributed by atoms with Gasteiger partial charge in [-0.2, -0.15) is 0 Å². The maximum Gasteiger partial charge on any atom is 1.00 e. The van der Waals surface area contributed by atoms with Crippen LogP contribution in [0.1, 0.15) is 91.4 Å². The molecule has 0 amide bonds. The molecule has 0 radical (unpaired) electrons. The van der Waals surface area contributed by atoms with E-state index in [0.717, 1.165) is 37.5 Å². The Balaban J connectivity index is 0.00000272. The van der Waals surface area contributed by atoms with E-state index in [1.807, 2.05) is 0 Å². The minimum atomic E-state index is -1.20. The molecule has 4 saturated carbocycles. The summed E-state index contributed by atoms with van der Waals surface area (Å²) in [4.78, 5) is 34.9. The van der Waals surface area contributed by atoms with Gasteiger partial charge in [-0.15, -0.1) is 0 Å². The monoisotopic (exact) mass is 440 g/mol. The Morgan fingerprint density at radius 2 is 1.58 bits per heavy atom. The molecule has 0 N–H and O–H groups in total. The third kappa shape index (κ3) is 4.53. The Hall–Kier alpha value is -0.390. The number of aliphatic carboxylic acids is 1. The average molecular weight is 441 g/mol. The molecule has 31 heavy (non-hydrogen) atoms. The van der Waals surface area contributed by atoms with Gasteiger partial charge in [0, 0.05) is 11.9 Å². The molecule has 0 aromatic heterocycles. The number of ether oxygens (including phenoxy) is 1. The molecule has 5 nitrogen and oxygen atoms in total. The topological polar surface area (TPSA) is 83.5 Å². The van der Waals surface area contributed by atoms with Gasteiger partial charge in [0.25, 0.3) is 0 Å². The molecule has 4 aliphatic rings. The molecule has 168 valence electrons. The average Bonchev–Trinajstić information content (AvgIpc) is 3.04. The number of carbonyl (C=O) groups excluding carboxylic acids is 3. The third-order valence-corrected chi connectivity index (χ3v) is 9.94. The summed E-state index contributed by atoms with van der Waals surface area (Å²) in [6.07, 6.45) is 9.54. The van der Waals surface area contributed by atoms with Gasteiger partial charge in [-0.05, 0) is 106 Å². The van der Waals surface area contributed by atoms with E-state index in [0.29, 0.717) is 23.0 Å². The van der Waals surface area contributed by atoms with Crippen LogP contribution in [0.5, 0.6) is 0 Å². The minimum absolute atomic E-state index is 0. The number of hydrogen-bond donors (Lipinski definition) is 0. The third-order valence-electron chi connectivity index (χ3n) is 9.94. The zero-order valence-electron chi connectivity index (χ0n) is 19.8. The van der Waals surface area contributed by atoms with Crippen molar-refractivity contribution in [3.8, 4) is 0 Å². The molecule has 6 heteroatoms. The predicted octanol–water partition coefficient (Wildman–Crippen LogP) is 0.680. The van der Waals surface area contributed by atoms with Gasteiger partial charge in [0.1, 0.15) is 11.9 Å². The number of hydrogen-bond acceptors (Lipinski definition) is 5. The van der Waals surface area contributed by atoms with Gasteiger partial charge >= 0.3 is 35.5 Å². The SMILES string of the molecule is CC(=O)C1CCC2C3CCC4CC(OC(=O)CCC(=O)[O-])CCC4(C)C3CCC12C.[Na+]. The summed E-state index contributed by atoms with van der Waals surface area (Å²) in [6, 6.07) is 0. The van der Waals surface area contributed by atoms with Crippen LogP contribution in [-0.2, 0) is 19.1 Å². The van der Waals surface area contributed by atoms with Gasteiger partial charge in [-0.1, -0.05) is 13.8 Å². The van der Waals surface area contributed by atoms with Crippen molar-refractivity contribution in [3.63, 3.8) is 0 Å². The fourth-order valence-electron chi connectivity index (χ4n) is 8.44. The number of carboxylic acids is 1. The summed E-state index contributed by atoms with van der Waals surface area (Å²) >= 11 is 0. The zero-order valence-corrected chi connectivity index (χ0v) is 21.8. The molecular formula is C25H37NaO5. The first kappa shape index (κ1) is 25.2. The molecule has 0 saturated heterocycles. The molecule has 4 rings (SSSR count). The second-order valence-corrected chi connectivity index (χ2v) is 11.2. The van der Waals surface area contributed by atoms with Crippen LogP contribution in [0.4, 0.5) is 0 Å². The standard InChI is InChI=1S/C25H38O5.Na/c1-15(26)19-6-7-20-18-5-4-16-14-17(30-23(29)9-8-22(27)28)10-12-24(16,2)21(18)11-13-25(19,20)3;/h16-21H,4-14H2,1-3H3,(H,27,28);/q;+1/p-1. The van der Waals surface area contributed by atoms with Crippen LogP contribution in [0.2, 0.25) is 0 Å². The fourth-order valence-corrected chi connectivity index (χ4v) is 8.44. The molecule has 0 heterocycles. The van der Waals surface area contributed by atoms with Crippen molar-refractivity contribution < 1.29 is 53.8 Å². The van der Waals surface area contributed by atoms with Gasteiger partial charge in [-0.3, -0.25) is 9.59 Å². The van der Waals surface area contributed by atoms with Gasteiger partial charge in [0.05, 0.1) is 6.42 Å². The number of ketones is 1. The predicted molar refractivity (Wildman–Crippen MR) is 110 cm³/mol. The summed E-state index contributed by atoms with van der Waals surface area (Å²) < 4.78 is 5.63. The van der Waals surface area contributed by atoms with Crippen LogP contribution >= 0.6 is 0 Å². The molecule has 8 unspecified atom stereocenters. The number of esters is 1. The van der Waals surface area contributed by atoms with Crippen molar-refractivity contribution in [2.24, 2.45) is 40.4 Å². The molecule has 0 aliphatic heterocycles. The number of carbonyl (C=O) groups is 3. The minimum Gasteiger partial charge on any atom is -0.550 e. The van der Waals surface area contributed by atoms with Crippen molar-refractivity contribution in [1.29, 1.82) is 0 Å². The summed E-state index contributed by atoms with van der Waals surface area (Å²) in [5, 5.41) is 10.6. The maximum absolute atomic E-state index is 12.3. The summed E-state index contributed by atoms with van der Waals surface area (Å²) in [6.45, 7) is 6.66. The van der Waals surface area contributed by atoms with Crippen LogP contribution in [0, 0.1) is 40.4 Å². The maximum atomic E-state index is 12.3. The van der Waals surface area contributed by atoms with Gasteiger partial charge in [-0.25, -0.2) is 0 Å². The van der Waals surface area contributed by atoms with E-state index in [1.165, 1.54) is 32.1 Å². The van der Waals surface area contributed by atoms with Crippen molar-refractivity contribution >= 4 is 17.7 Å². The Bertz CT molecular complexity index is 723. The van der Waals surface area contributed by atoms with Crippen molar-refractivity contribution in [3.05, 3.63) is 0 Å². The van der Waals surface area contributed by atoms with E-state index >= 15 is 0 Å². The molecule has 0 bridgehead atoms. The van der Waals surface area contributed by atoms with E-state index in [1.54, 1.807) is 6.92 Å². The molecule has 4 aliphatic carbocycles. The van der Waals surface area contributed by atoms with Crippen LogP contribution in [-0.4, -0.2) is 23.8 Å². The zero-order chi connectivity index (χ0) is 21.7. The molecule has 4 fully saturated rings. The summed E-state index contributed by atoms with van der Waals surface area (Å²) in [7, 11) is 0. The number of fused-ring (bicyclic) bond motifs is 5. The first-order valence-electron chi connectivity index (χ1n) is 12.0. The molecule has 8 atom stereocenters. The van der Waals surface area contributed by atoms with E-state index in [9.17, 15) is 19.5 Å². The Morgan fingerprint density at radius 1 is 0.903 bits per heavy atom. The molecule has 0 spiro atoms. The second kappa shape index (κ2) is 9.46. The largest absolute Gasteiger partial charge is 1.00 e. The van der Waals surface area contributed by atoms with Crippen LogP contribution in [0.25, 0.3) is 0 Å². The van der Waals surface area contributed by atoms with Crippen molar-refractivity contribution in [2.75, 3.05) is 0 Å². The molecule has 0 aromatic carbocycles. The fraction of sp³-hybridized carbons (Fsp3) is 0.880. The molecular weight excluding hydrogens is 403 g/mol. The second-order valence-electron chi connectivity index (χ2n) is 11.2.